The Balaban J connectivity index is 3.81. The monoisotopic (exact) mass is 258 g/mol. The van der Waals surface area contributed by atoms with Crippen LogP contribution in [0.15, 0.2) is 0 Å². The molecule has 0 aliphatic rings. The van der Waals surface area contributed by atoms with Gasteiger partial charge in [-0.1, -0.05) is 19.8 Å². The second-order valence-electron chi connectivity index (χ2n) is 4.96. The van der Waals surface area contributed by atoms with Gasteiger partial charge in [-0.25, -0.2) is 0 Å². The van der Waals surface area contributed by atoms with E-state index in [2.05, 4.69) is 12.2 Å². The minimum absolute atomic E-state index is 0.0217. The molecule has 0 aromatic carbocycles. The van der Waals surface area contributed by atoms with Crippen LogP contribution < -0.4 is 5.32 Å². The van der Waals surface area contributed by atoms with E-state index in [0.717, 1.165) is 19.3 Å². The number of carbonyl (C=O) groups excluding carboxylic acids is 1. The van der Waals surface area contributed by atoms with Gasteiger partial charge in [0.1, 0.15) is 0 Å². The third-order valence-corrected chi connectivity index (χ3v) is 2.80. The van der Waals surface area contributed by atoms with E-state index in [1.807, 2.05) is 19.0 Å². The lowest BCUT2D eigenvalue weighted by atomic mass is 9.94. The fourth-order valence-electron chi connectivity index (χ4n) is 1.93. The molecular weight excluding hydrogens is 232 g/mol. The van der Waals surface area contributed by atoms with Gasteiger partial charge in [0.05, 0.1) is 6.54 Å². The zero-order valence-corrected chi connectivity index (χ0v) is 11.7. The summed E-state index contributed by atoms with van der Waals surface area (Å²) < 4.78 is 0. The van der Waals surface area contributed by atoms with Gasteiger partial charge in [-0.3, -0.25) is 9.59 Å². The second kappa shape index (κ2) is 9.88. The molecular formula is C13H26N2O3. The number of carbonyl (C=O) groups is 2. The molecule has 0 rings (SSSR count). The SMILES string of the molecule is CCCC(CCNC(=O)CN(C)C)CCC(=O)O. The lowest BCUT2D eigenvalue weighted by molar-refractivity contribution is -0.137. The molecule has 0 saturated heterocycles. The van der Waals surface area contributed by atoms with Crippen molar-refractivity contribution in [2.24, 2.45) is 5.92 Å². The quantitative estimate of drug-likeness (QED) is 0.620. The van der Waals surface area contributed by atoms with Crippen LogP contribution in [-0.4, -0.2) is 49.1 Å². The Bertz CT molecular complexity index is 255. The number of hydrogen-bond acceptors (Lipinski definition) is 3. The van der Waals surface area contributed by atoms with E-state index in [1.54, 1.807) is 0 Å². The Morgan fingerprint density at radius 2 is 1.89 bits per heavy atom. The highest BCUT2D eigenvalue weighted by molar-refractivity contribution is 5.77. The van der Waals surface area contributed by atoms with Crippen molar-refractivity contribution in [3.05, 3.63) is 0 Å². The van der Waals surface area contributed by atoms with Crippen LogP contribution in [0.1, 0.15) is 39.0 Å². The summed E-state index contributed by atoms with van der Waals surface area (Å²) in [6.07, 6.45) is 3.86. The van der Waals surface area contributed by atoms with Gasteiger partial charge in [0.25, 0.3) is 0 Å². The van der Waals surface area contributed by atoms with Crippen molar-refractivity contribution in [3.8, 4) is 0 Å². The largest absolute Gasteiger partial charge is 0.481 e. The maximum Gasteiger partial charge on any atom is 0.303 e. The Morgan fingerprint density at radius 1 is 1.22 bits per heavy atom. The smallest absolute Gasteiger partial charge is 0.303 e. The van der Waals surface area contributed by atoms with E-state index < -0.39 is 5.97 Å². The summed E-state index contributed by atoms with van der Waals surface area (Å²) in [6.45, 7) is 3.13. The number of likely N-dealkylation sites (N-methyl/N-ethyl adjacent to an activating group) is 1. The zero-order chi connectivity index (χ0) is 14.0. The normalized spacial score (nSPS) is 12.4. The van der Waals surface area contributed by atoms with Crippen molar-refractivity contribution in [2.75, 3.05) is 27.2 Å². The van der Waals surface area contributed by atoms with Crippen LogP contribution in [0.5, 0.6) is 0 Å². The average Bonchev–Trinajstić information content (AvgIpc) is 2.24. The summed E-state index contributed by atoms with van der Waals surface area (Å²) >= 11 is 0. The molecule has 0 aromatic heterocycles. The number of nitrogens with one attached hydrogen (secondary N) is 1. The fraction of sp³-hybridized carbons (Fsp3) is 0.846. The lowest BCUT2D eigenvalue weighted by Crippen LogP contribution is -2.34. The highest BCUT2D eigenvalue weighted by Crippen LogP contribution is 2.16. The third-order valence-electron chi connectivity index (χ3n) is 2.80. The summed E-state index contributed by atoms with van der Waals surface area (Å²) in [4.78, 5) is 23.8. The number of hydrogen-bond donors (Lipinski definition) is 2. The molecule has 0 spiro atoms. The van der Waals surface area contributed by atoms with Gasteiger partial charge >= 0.3 is 5.97 Å². The first-order chi connectivity index (χ1) is 8.45. The van der Waals surface area contributed by atoms with Gasteiger partial charge in [-0.05, 0) is 32.9 Å². The summed E-state index contributed by atoms with van der Waals surface area (Å²) in [5, 5.41) is 11.5. The van der Waals surface area contributed by atoms with Crippen LogP contribution >= 0.6 is 0 Å². The van der Waals surface area contributed by atoms with E-state index in [9.17, 15) is 9.59 Å². The molecule has 0 aliphatic carbocycles. The predicted molar refractivity (Wildman–Crippen MR) is 71.4 cm³/mol. The first-order valence-corrected chi connectivity index (χ1v) is 6.59. The average molecular weight is 258 g/mol. The van der Waals surface area contributed by atoms with Gasteiger partial charge in [0.2, 0.25) is 5.91 Å². The molecule has 1 atom stereocenters. The Hall–Kier alpha value is -1.10. The van der Waals surface area contributed by atoms with Crippen LogP contribution in [0.2, 0.25) is 0 Å². The van der Waals surface area contributed by atoms with Crippen LogP contribution in [0, 0.1) is 5.92 Å². The Morgan fingerprint density at radius 3 is 2.39 bits per heavy atom. The molecule has 18 heavy (non-hydrogen) atoms. The molecule has 0 heterocycles. The van der Waals surface area contributed by atoms with Crippen LogP contribution in [0.25, 0.3) is 0 Å². The minimum Gasteiger partial charge on any atom is -0.481 e. The van der Waals surface area contributed by atoms with Gasteiger partial charge < -0.3 is 15.3 Å². The van der Waals surface area contributed by atoms with Gasteiger partial charge in [-0.2, -0.15) is 0 Å². The topological polar surface area (TPSA) is 69.6 Å². The number of aliphatic carboxylic acids is 1. The molecule has 0 bridgehead atoms. The molecule has 106 valence electrons. The maximum atomic E-state index is 11.4. The van der Waals surface area contributed by atoms with Crippen molar-refractivity contribution in [2.45, 2.75) is 39.0 Å². The number of amides is 1. The van der Waals surface area contributed by atoms with Crippen molar-refractivity contribution < 1.29 is 14.7 Å². The highest BCUT2D eigenvalue weighted by Gasteiger charge is 2.11. The molecule has 0 aromatic rings. The van der Waals surface area contributed by atoms with E-state index >= 15 is 0 Å². The maximum absolute atomic E-state index is 11.4. The highest BCUT2D eigenvalue weighted by atomic mass is 16.4. The standard InChI is InChI=1S/C13H26N2O3/c1-4-5-11(6-7-13(17)18)8-9-14-12(16)10-15(2)3/h11H,4-10H2,1-3H3,(H,14,16)(H,17,18). The van der Waals surface area contributed by atoms with E-state index in [4.69, 9.17) is 5.11 Å². The predicted octanol–water partition coefficient (Wildman–Crippen LogP) is 1.34. The summed E-state index contributed by atoms with van der Waals surface area (Å²) in [5.41, 5.74) is 0. The minimum atomic E-state index is -0.743. The lowest BCUT2D eigenvalue weighted by Gasteiger charge is -2.16. The molecule has 2 N–H and O–H groups in total. The van der Waals surface area contributed by atoms with Crippen LogP contribution in [0.4, 0.5) is 0 Å². The first-order valence-electron chi connectivity index (χ1n) is 6.59. The zero-order valence-electron chi connectivity index (χ0n) is 11.7. The Kier molecular flexibility index (Phi) is 9.28. The molecule has 1 unspecified atom stereocenters. The van der Waals surface area contributed by atoms with Gasteiger partial charge in [0, 0.05) is 13.0 Å². The fourth-order valence-corrected chi connectivity index (χ4v) is 1.93. The summed E-state index contributed by atoms with van der Waals surface area (Å²) in [7, 11) is 3.71. The van der Waals surface area contributed by atoms with Crippen LogP contribution in [-0.2, 0) is 9.59 Å². The molecule has 5 nitrogen and oxygen atoms in total. The van der Waals surface area contributed by atoms with E-state index in [1.165, 1.54) is 0 Å². The summed E-state index contributed by atoms with van der Waals surface area (Å²) in [5.74, 6) is -0.327. The number of carboxylic acid groups (broad SMARTS) is 1. The number of nitrogens with zero attached hydrogens (tertiary/aromatic N) is 1. The van der Waals surface area contributed by atoms with E-state index in [0.29, 0.717) is 25.4 Å². The van der Waals surface area contributed by atoms with Gasteiger partial charge in [0.15, 0.2) is 0 Å². The first kappa shape index (κ1) is 16.9. The molecule has 1 amide bonds. The van der Waals surface area contributed by atoms with E-state index in [-0.39, 0.29) is 12.3 Å². The number of carboxylic acids is 1. The summed E-state index contributed by atoms with van der Waals surface area (Å²) in [6, 6.07) is 0. The molecule has 0 saturated carbocycles. The molecule has 0 fully saturated rings. The molecule has 0 radical (unpaired) electrons. The van der Waals surface area contributed by atoms with Crippen molar-refractivity contribution >= 4 is 11.9 Å². The van der Waals surface area contributed by atoms with Crippen molar-refractivity contribution in [1.82, 2.24) is 10.2 Å². The number of rotatable bonds is 10. The van der Waals surface area contributed by atoms with Crippen LogP contribution in [0.3, 0.4) is 0 Å². The molecule has 0 aliphatic heterocycles. The second-order valence-corrected chi connectivity index (χ2v) is 4.96. The van der Waals surface area contributed by atoms with Gasteiger partial charge in [-0.15, -0.1) is 0 Å². The van der Waals surface area contributed by atoms with Crippen molar-refractivity contribution in [1.29, 1.82) is 0 Å². The molecule has 5 heteroatoms. The van der Waals surface area contributed by atoms with Crippen molar-refractivity contribution in [3.63, 3.8) is 0 Å². The Labute approximate surface area is 110 Å². The third kappa shape index (κ3) is 10.1.